The van der Waals surface area contributed by atoms with Gasteiger partial charge >= 0.3 is 6.03 Å². The second kappa shape index (κ2) is 6.14. The Morgan fingerprint density at radius 3 is 2.42 bits per heavy atom. The van der Waals surface area contributed by atoms with Gasteiger partial charge in [-0.2, -0.15) is 4.31 Å². The number of carbonyl (C=O) groups is 1. The van der Waals surface area contributed by atoms with Crippen molar-refractivity contribution in [1.82, 2.24) is 14.9 Å². The third-order valence-electron chi connectivity index (χ3n) is 4.63. The van der Waals surface area contributed by atoms with E-state index in [0.717, 1.165) is 0 Å². The SMILES string of the molecule is COc1ccc(OC)c(S(=O)(=O)N2CCC3(CC2)CNC(=O)N3)c1. The monoisotopic (exact) mass is 355 g/mol. The quantitative estimate of drug-likeness (QED) is 0.822. The van der Waals surface area contributed by atoms with Gasteiger partial charge < -0.3 is 20.1 Å². The summed E-state index contributed by atoms with van der Waals surface area (Å²) in [7, 11) is -0.781. The third-order valence-corrected chi connectivity index (χ3v) is 6.55. The summed E-state index contributed by atoms with van der Waals surface area (Å²) in [6, 6.07) is 4.51. The summed E-state index contributed by atoms with van der Waals surface area (Å²) in [5.74, 6) is 0.738. The second-order valence-corrected chi connectivity index (χ2v) is 7.92. The van der Waals surface area contributed by atoms with Gasteiger partial charge in [0.05, 0.1) is 19.8 Å². The van der Waals surface area contributed by atoms with Crippen molar-refractivity contribution in [3.05, 3.63) is 18.2 Å². The van der Waals surface area contributed by atoms with Gasteiger partial charge in [-0.1, -0.05) is 0 Å². The largest absolute Gasteiger partial charge is 0.497 e. The maximum atomic E-state index is 13.0. The number of sulfonamides is 1. The van der Waals surface area contributed by atoms with Crippen molar-refractivity contribution in [3.63, 3.8) is 0 Å². The van der Waals surface area contributed by atoms with Crippen LogP contribution in [-0.2, 0) is 10.0 Å². The molecule has 2 fully saturated rings. The topological polar surface area (TPSA) is 97.0 Å². The predicted molar refractivity (Wildman–Crippen MR) is 86.8 cm³/mol. The van der Waals surface area contributed by atoms with Crippen LogP contribution in [0.15, 0.2) is 23.1 Å². The van der Waals surface area contributed by atoms with Gasteiger partial charge in [0.15, 0.2) is 0 Å². The number of ether oxygens (including phenoxy) is 2. The molecule has 0 atom stereocenters. The van der Waals surface area contributed by atoms with Gasteiger partial charge in [-0.15, -0.1) is 0 Å². The van der Waals surface area contributed by atoms with Gasteiger partial charge in [0.25, 0.3) is 0 Å². The fraction of sp³-hybridized carbons (Fsp3) is 0.533. The molecule has 0 aromatic heterocycles. The number of nitrogens with zero attached hydrogens (tertiary/aromatic N) is 1. The molecular formula is C15H21N3O5S. The minimum atomic E-state index is -3.70. The zero-order chi connectivity index (χ0) is 17.4. The Balaban J connectivity index is 1.83. The number of hydrogen-bond donors (Lipinski definition) is 2. The lowest BCUT2D eigenvalue weighted by Gasteiger charge is -2.37. The fourth-order valence-electron chi connectivity index (χ4n) is 3.16. The van der Waals surface area contributed by atoms with E-state index >= 15 is 0 Å². The van der Waals surface area contributed by atoms with Crippen LogP contribution in [0.3, 0.4) is 0 Å². The molecule has 0 unspecified atom stereocenters. The van der Waals surface area contributed by atoms with Crippen LogP contribution < -0.4 is 20.1 Å². The Hall–Kier alpha value is -2.00. The van der Waals surface area contributed by atoms with Crippen molar-refractivity contribution < 1.29 is 22.7 Å². The van der Waals surface area contributed by atoms with Crippen molar-refractivity contribution in [1.29, 1.82) is 0 Å². The van der Waals surface area contributed by atoms with Crippen LogP contribution in [0.5, 0.6) is 11.5 Å². The minimum absolute atomic E-state index is 0.0916. The summed E-state index contributed by atoms with van der Waals surface area (Å²) in [4.78, 5) is 11.5. The number of methoxy groups -OCH3 is 2. The number of piperidine rings is 1. The highest BCUT2D eigenvalue weighted by atomic mass is 32.2. The fourth-order valence-corrected chi connectivity index (χ4v) is 4.77. The van der Waals surface area contributed by atoms with Gasteiger partial charge in [0.2, 0.25) is 10.0 Å². The normalized spacial score (nSPS) is 20.5. The third kappa shape index (κ3) is 2.89. The van der Waals surface area contributed by atoms with Crippen molar-refractivity contribution in [2.24, 2.45) is 0 Å². The van der Waals surface area contributed by atoms with E-state index in [0.29, 0.717) is 38.2 Å². The molecule has 0 saturated carbocycles. The lowest BCUT2D eigenvalue weighted by molar-refractivity contribution is 0.216. The highest BCUT2D eigenvalue weighted by Gasteiger charge is 2.43. The van der Waals surface area contributed by atoms with Gasteiger partial charge in [-0.3, -0.25) is 0 Å². The Labute approximate surface area is 141 Å². The summed E-state index contributed by atoms with van der Waals surface area (Å²) in [5, 5.41) is 5.65. The number of urea groups is 1. The predicted octanol–water partition coefficient (Wildman–Crippen LogP) is 0.540. The molecule has 2 aliphatic heterocycles. The number of hydrogen-bond acceptors (Lipinski definition) is 5. The standard InChI is InChI=1S/C15H21N3O5S/c1-22-11-3-4-12(23-2)13(9-11)24(20,21)18-7-5-15(6-8-18)10-16-14(19)17-15/h3-4,9H,5-8,10H2,1-2H3,(H2,16,17,19). The smallest absolute Gasteiger partial charge is 0.315 e. The van der Waals surface area contributed by atoms with Gasteiger partial charge in [-0.05, 0) is 25.0 Å². The van der Waals surface area contributed by atoms with E-state index in [1.54, 1.807) is 12.1 Å². The Morgan fingerprint density at radius 2 is 1.88 bits per heavy atom. The van der Waals surface area contributed by atoms with E-state index in [4.69, 9.17) is 9.47 Å². The van der Waals surface area contributed by atoms with Crippen molar-refractivity contribution in [2.45, 2.75) is 23.3 Å². The zero-order valence-electron chi connectivity index (χ0n) is 13.7. The lowest BCUT2D eigenvalue weighted by atomic mass is 9.90. The van der Waals surface area contributed by atoms with Crippen LogP contribution >= 0.6 is 0 Å². The van der Waals surface area contributed by atoms with Crippen LogP contribution in [0.25, 0.3) is 0 Å². The van der Waals surface area contributed by atoms with Crippen LogP contribution in [0.4, 0.5) is 4.79 Å². The molecule has 2 aliphatic rings. The van der Waals surface area contributed by atoms with E-state index < -0.39 is 10.0 Å². The number of carbonyl (C=O) groups excluding carboxylic acids is 1. The molecule has 1 aromatic rings. The molecule has 1 aromatic carbocycles. The molecule has 0 bridgehead atoms. The molecule has 8 nitrogen and oxygen atoms in total. The molecule has 2 saturated heterocycles. The van der Waals surface area contributed by atoms with Crippen molar-refractivity contribution in [3.8, 4) is 11.5 Å². The van der Waals surface area contributed by atoms with Gasteiger partial charge in [0.1, 0.15) is 16.4 Å². The Kier molecular flexibility index (Phi) is 4.31. The first-order valence-electron chi connectivity index (χ1n) is 7.68. The maximum Gasteiger partial charge on any atom is 0.315 e. The molecule has 2 heterocycles. The maximum absolute atomic E-state index is 13.0. The number of rotatable bonds is 4. The molecule has 132 valence electrons. The average molecular weight is 355 g/mol. The summed E-state index contributed by atoms with van der Waals surface area (Å²) < 4.78 is 37.7. The van der Waals surface area contributed by atoms with Crippen LogP contribution in [0, 0.1) is 0 Å². The van der Waals surface area contributed by atoms with Gasteiger partial charge in [-0.25, -0.2) is 13.2 Å². The van der Waals surface area contributed by atoms with E-state index in [1.807, 2.05) is 0 Å². The first kappa shape index (κ1) is 16.8. The summed E-state index contributed by atoms with van der Waals surface area (Å²) in [6.07, 6.45) is 1.13. The van der Waals surface area contributed by atoms with Crippen LogP contribution in [-0.4, -0.2) is 58.1 Å². The highest BCUT2D eigenvalue weighted by Crippen LogP contribution is 2.33. The van der Waals surface area contributed by atoms with Crippen LogP contribution in [0.1, 0.15) is 12.8 Å². The van der Waals surface area contributed by atoms with Crippen molar-refractivity contribution >= 4 is 16.1 Å². The van der Waals surface area contributed by atoms with E-state index in [-0.39, 0.29) is 22.2 Å². The number of amides is 2. The Bertz CT molecular complexity index is 741. The molecule has 0 radical (unpaired) electrons. The van der Waals surface area contributed by atoms with Gasteiger partial charge in [0, 0.05) is 25.7 Å². The average Bonchev–Trinajstić information content (AvgIpc) is 2.95. The summed E-state index contributed by atoms with van der Waals surface area (Å²) >= 11 is 0. The molecule has 3 rings (SSSR count). The summed E-state index contributed by atoms with van der Waals surface area (Å²) in [6.45, 7) is 1.21. The van der Waals surface area contributed by atoms with E-state index in [1.165, 1.54) is 24.6 Å². The molecule has 24 heavy (non-hydrogen) atoms. The Morgan fingerprint density at radius 1 is 1.17 bits per heavy atom. The van der Waals surface area contributed by atoms with Crippen LogP contribution in [0.2, 0.25) is 0 Å². The van der Waals surface area contributed by atoms with Crippen molar-refractivity contribution in [2.75, 3.05) is 33.9 Å². The molecule has 1 spiro atoms. The zero-order valence-corrected chi connectivity index (χ0v) is 14.5. The van der Waals surface area contributed by atoms with E-state index in [2.05, 4.69) is 10.6 Å². The number of nitrogens with one attached hydrogen (secondary N) is 2. The number of benzene rings is 1. The molecule has 9 heteroatoms. The highest BCUT2D eigenvalue weighted by molar-refractivity contribution is 7.89. The lowest BCUT2D eigenvalue weighted by Crippen LogP contribution is -2.53. The minimum Gasteiger partial charge on any atom is -0.497 e. The first-order chi connectivity index (χ1) is 11.4. The summed E-state index contributed by atoms with van der Waals surface area (Å²) in [5.41, 5.74) is -0.346. The molecular weight excluding hydrogens is 334 g/mol. The first-order valence-corrected chi connectivity index (χ1v) is 9.12. The molecule has 2 N–H and O–H groups in total. The molecule has 2 amide bonds. The van der Waals surface area contributed by atoms with E-state index in [9.17, 15) is 13.2 Å². The molecule has 0 aliphatic carbocycles. The second-order valence-electron chi connectivity index (χ2n) is 6.01.